The van der Waals surface area contributed by atoms with Crippen molar-refractivity contribution in [3.8, 4) is 5.75 Å². The van der Waals surface area contributed by atoms with E-state index in [1.165, 1.54) is 0 Å². The number of benzene rings is 3. The monoisotopic (exact) mass is 618 g/mol. The molecule has 0 fully saturated rings. The lowest BCUT2D eigenvalue weighted by Crippen LogP contribution is -2.53. The van der Waals surface area contributed by atoms with Gasteiger partial charge in [-0.1, -0.05) is 82.5 Å². The zero-order chi connectivity index (χ0) is 27.8. The van der Waals surface area contributed by atoms with Gasteiger partial charge in [-0.3, -0.25) is 9.59 Å². The van der Waals surface area contributed by atoms with Gasteiger partial charge < -0.3 is 15.0 Å². The molecule has 8 heteroatoms. The molecule has 3 aromatic carbocycles. The average molecular weight is 620 g/mol. The molecule has 5 nitrogen and oxygen atoms in total. The summed E-state index contributed by atoms with van der Waals surface area (Å²) >= 11 is 16.0. The van der Waals surface area contributed by atoms with Gasteiger partial charge in [0.1, 0.15) is 11.8 Å². The maximum absolute atomic E-state index is 13.8. The maximum atomic E-state index is 13.8. The molecule has 0 radical (unpaired) electrons. The molecule has 0 aliphatic heterocycles. The first-order valence-electron chi connectivity index (χ1n) is 12.6. The molecule has 2 amide bonds. The molecule has 3 aromatic rings. The molecule has 2 atom stereocenters. The van der Waals surface area contributed by atoms with Crippen LogP contribution in [0, 0.1) is 13.8 Å². The fraction of sp³-hybridized carbons (Fsp3) is 0.333. The number of carbonyl (C=O) groups is 2. The minimum Gasteiger partial charge on any atom is -0.484 e. The van der Waals surface area contributed by atoms with Crippen molar-refractivity contribution in [2.45, 2.75) is 59.2 Å². The molecular formula is C30H33BrCl2N2O3. The van der Waals surface area contributed by atoms with Crippen molar-refractivity contribution < 1.29 is 14.3 Å². The van der Waals surface area contributed by atoms with Gasteiger partial charge in [-0.2, -0.15) is 0 Å². The maximum Gasteiger partial charge on any atom is 0.261 e. The number of carbonyl (C=O) groups excluding carboxylic acids is 2. The molecule has 2 unspecified atom stereocenters. The number of nitrogens with one attached hydrogen (secondary N) is 1. The Hall–Kier alpha value is -2.54. The lowest BCUT2D eigenvalue weighted by molar-refractivity contribution is -0.143. The third kappa shape index (κ3) is 8.23. The molecule has 0 heterocycles. The van der Waals surface area contributed by atoms with Gasteiger partial charge in [0.25, 0.3) is 5.91 Å². The smallest absolute Gasteiger partial charge is 0.261 e. The molecule has 38 heavy (non-hydrogen) atoms. The van der Waals surface area contributed by atoms with Crippen LogP contribution < -0.4 is 10.1 Å². The Labute approximate surface area is 243 Å². The summed E-state index contributed by atoms with van der Waals surface area (Å²) in [5, 5.41) is 3.87. The normalized spacial score (nSPS) is 12.5. The van der Waals surface area contributed by atoms with Crippen molar-refractivity contribution in [1.29, 1.82) is 0 Å². The van der Waals surface area contributed by atoms with E-state index in [9.17, 15) is 9.59 Å². The second-order valence-corrected chi connectivity index (χ2v) is 11.1. The van der Waals surface area contributed by atoms with Gasteiger partial charge in [-0.15, -0.1) is 0 Å². The Balaban J connectivity index is 1.95. The van der Waals surface area contributed by atoms with Gasteiger partial charge in [0, 0.05) is 23.5 Å². The number of halogens is 3. The minimum atomic E-state index is -0.759. The van der Waals surface area contributed by atoms with Crippen LogP contribution in [0.4, 0.5) is 0 Å². The molecule has 0 aliphatic carbocycles. The number of nitrogens with zero attached hydrogens (tertiary/aromatic N) is 1. The highest BCUT2D eigenvalue weighted by Gasteiger charge is 2.31. The Bertz CT molecular complexity index is 1250. The first kappa shape index (κ1) is 30.0. The van der Waals surface area contributed by atoms with Crippen molar-refractivity contribution in [3.63, 3.8) is 0 Å². The lowest BCUT2D eigenvalue weighted by Gasteiger charge is -2.32. The van der Waals surface area contributed by atoms with Crippen LogP contribution >= 0.6 is 39.1 Å². The van der Waals surface area contributed by atoms with Gasteiger partial charge in [-0.25, -0.2) is 0 Å². The molecular weight excluding hydrogens is 587 g/mol. The Morgan fingerprint density at radius 1 is 0.974 bits per heavy atom. The molecule has 0 spiro atoms. The van der Waals surface area contributed by atoms with E-state index in [4.69, 9.17) is 27.9 Å². The minimum absolute atomic E-state index is 0.0346. The highest BCUT2D eigenvalue weighted by molar-refractivity contribution is 9.10. The number of hydrogen-bond donors (Lipinski definition) is 1. The van der Waals surface area contributed by atoms with Crippen molar-refractivity contribution in [2.24, 2.45) is 0 Å². The van der Waals surface area contributed by atoms with E-state index < -0.39 is 6.04 Å². The zero-order valence-corrected chi connectivity index (χ0v) is 25.2. The van der Waals surface area contributed by atoms with Gasteiger partial charge in [0.15, 0.2) is 6.61 Å². The summed E-state index contributed by atoms with van der Waals surface area (Å²) in [4.78, 5) is 28.9. The highest BCUT2D eigenvalue weighted by atomic mass is 79.9. The van der Waals surface area contributed by atoms with Crippen LogP contribution in [0.2, 0.25) is 10.0 Å². The van der Waals surface area contributed by atoms with Crippen LogP contribution in [-0.4, -0.2) is 35.4 Å². The average Bonchev–Trinajstić information content (AvgIpc) is 2.90. The van der Waals surface area contributed by atoms with Crippen molar-refractivity contribution in [3.05, 3.63) is 97.4 Å². The van der Waals surface area contributed by atoms with Gasteiger partial charge in [0.2, 0.25) is 5.91 Å². The molecule has 202 valence electrons. The summed E-state index contributed by atoms with van der Waals surface area (Å²) < 4.78 is 6.94. The second kappa shape index (κ2) is 14.0. The molecule has 3 rings (SSSR count). The van der Waals surface area contributed by atoms with Crippen molar-refractivity contribution >= 4 is 50.9 Å². The quantitative estimate of drug-likeness (QED) is 0.245. The molecule has 0 aromatic heterocycles. The highest BCUT2D eigenvalue weighted by Crippen LogP contribution is 2.27. The molecule has 0 saturated heterocycles. The molecule has 1 N–H and O–H groups in total. The standard InChI is InChI=1S/C30H33BrCl2N2O3/c1-5-21(4)34-30(37)27(16-22-9-7-6-8-10-22)35(17-23-11-12-25(32)26(33)15-23)28(36)18-38-24-13-19(2)29(31)20(3)14-24/h6-15,21,27H,5,16-18H2,1-4H3,(H,34,37). The Kier molecular flexibility index (Phi) is 11.1. The SMILES string of the molecule is CCC(C)NC(=O)C(Cc1ccccc1)N(Cc1ccc(Cl)c(Cl)c1)C(=O)COc1cc(C)c(Br)c(C)c1. The fourth-order valence-electron chi connectivity index (χ4n) is 4.05. The van der Waals surface area contributed by atoms with Gasteiger partial charge in [0.05, 0.1) is 10.0 Å². The number of rotatable bonds is 11. The molecule has 0 aliphatic rings. The number of hydrogen-bond acceptors (Lipinski definition) is 3. The molecule has 0 bridgehead atoms. The predicted molar refractivity (Wildman–Crippen MR) is 158 cm³/mol. The predicted octanol–water partition coefficient (Wildman–Crippen LogP) is 7.31. The first-order valence-corrected chi connectivity index (χ1v) is 14.1. The summed E-state index contributed by atoms with van der Waals surface area (Å²) in [5.74, 6) is 0.0659. The summed E-state index contributed by atoms with van der Waals surface area (Å²) in [6, 6.07) is 17.9. The van der Waals surface area contributed by atoms with Crippen LogP contribution in [0.1, 0.15) is 42.5 Å². The topological polar surface area (TPSA) is 58.6 Å². The van der Waals surface area contributed by atoms with Crippen molar-refractivity contribution in [1.82, 2.24) is 10.2 Å². The first-order chi connectivity index (χ1) is 18.1. The van der Waals surface area contributed by atoms with Gasteiger partial charge >= 0.3 is 0 Å². The van der Waals surface area contributed by atoms with E-state index in [1.807, 2.05) is 76.2 Å². The zero-order valence-electron chi connectivity index (χ0n) is 22.1. The Morgan fingerprint density at radius 2 is 1.63 bits per heavy atom. The van der Waals surface area contributed by atoms with E-state index in [0.717, 1.165) is 33.1 Å². The van der Waals surface area contributed by atoms with Crippen LogP contribution in [0.15, 0.2) is 65.1 Å². The van der Waals surface area contributed by atoms with Gasteiger partial charge in [-0.05, 0) is 73.7 Å². The van der Waals surface area contributed by atoms with Crippen LogP contribution in [0.5, 0.6) is 5.75 Å². The summed E-state index contributed by atoms with van der Waals surface area (Å²) in [7, 11) is 0. The summed E-state index contributed by atoms with van der Waals surface area (Å²) in [6.07, 6.45) is 1.13. The molecule has 0 saturated carbocycles. The van der Waals surface area contributed by atoms with E-state index in [1.54, 1.807) is 17.0 Å². The van der Waals surface area contributed by atoms with E-state index in [2.05, 4.69) is 21.2 Å². The fourth-order valence-corrected chi connectivity index (χ4v) is 4.60. The van der Waals surface area contributed by atoms with E-state index in [-0.39, 0.29) is 31.0 Å². The van der Waals surface area contributed by atoms with Crippen molar-refractivity contribution in [2.75, 3.05) is 6.61 Å². The number of aryl methyl sites for hydroxylation is 2. The van der Waals surface area contributed by atoms with E-state index >= 15 is 0 Å². The number of ether oxygens (including phenoxy) is 1. The third-order valence-corrected chi connectivity index (χ3v) is 8.37. The summed E-state index contributed by atoms with van der Waals surface area (Å²) in [6.45, 7) is 7.84. The Morgan fingerprint density at radius 3 is 2.24 bits per heavy atom. The lowest BCUT2D eigenvalue weighted by atomic mass is 10.0. The van der Waals surface area contributed by atoms with Crippen LogP contribution in [-0.2, 0) is 22.6 Å². The largest absolute Gasteiger partial charge is 0.484 e. The van der Waals surface area contributed by atoms with Crippen LogP contribution in [0.25, 0.3) is 0 Å². The van der Waals surface area contributed by atoms with Crippen LogP contribution in [0.3, 0.4) is 0 Å². The second-order valence-electron chi connectivity index (χ2n) is 9.45. The summed E-state index contributed by atoms with van der Waals surface area (Å²) in [5.41, 5.74) is 3.73. The number of amides is 2. The third-order valence-electron chi connectivity index (χ3n) is 6.38. The van der Waals surface area contributed by atoms with E-state index in [0.29, 0.717) is 22.2 Å².